The van der Waals surface area contributed by atoms with E-state index in [4.69, 9.17) is 9.47 Å². The first kappa shape index (κ1) is 18.3. The van der Waals surface area contributed by atoms with Gasteiger partial charge >= 0.3 is 0 Å². The van der Waals surface area contributed by atoms with E-state index in [0.717, 1.165) is 25.0 Å². The minimum Gasteiger partial charge on any atom is -0.497 e. The molecule has 0 bridgehead atoms. The SMILES string of the molecule is CCN1C(=O)CCC2(C(=O)Nc3cc(OC)cc(OC)c3)CCCC=C12. The van der Waals surface area contributed by atoms with Crippen molar-refractivity contribution in [1.29, 1.82) is 0 Å². The van der Waals surface area contributed by atoms with Crippen LogP contribution in [0.3, 0.4) is 0 Å². The van der Waals surface area contributed by atoms with Crippen molar-refractivity contribution >= 4 is 17.5 Å². The van der Waals surface area contributed by atoms with Crippen LogP contribution < -0.4 is 14.8 Å². The molecule has 2 aliphatic rings. The third-order valence-corrected chi connectivity index (χ3v) is 5.35. The second kappa shape index (κ2) is 7.40. The molecular weight excluding hydrogens is 332 g/mol. The van der Waals surface area contributed by atoms with Crippen LogP contribution in [0.1, 0.15) is 39.0 Å². The molecule has 3 rings (SSSR count). The topological polar surface area (TPSA) is 67.9 Å². The summed E-state index contributed by atoms with van der Waals surface area (Å²) in [5.74, 6) is 1.27. The van der Waals surface area contributed by atoms with E-state index in [1.165, 1.54) is 0 Å². The quantitative estimate of drug-likeness (QED) is 0.877. The standard InChI is InChI=1S/C20H26N2O4/c1-4-22-17-7-5-6-9-20(17,10-8-18(22)23)19(24)21-14-11-15(25-2)13-16(12-14)26-3/h7,11-13H,4-6,8-10H2,1-3H3,(H,21,24). The maximum absolute atomic E-state index is 13.3. The van der Waals surface area contributed by atoms with Crippen molar-refractivity contribution in [1.82, 2.24) is 4.90 Å². The Labute approximate surface area is 154 Å². The van der Waals surface area contributed by atoms with Crippen molar-refractivity contribution in [2.75, 3.05) is 26.1 Å². The van der Waals surface area contributed by atoms with Gasteiger partial charge in [-0.15, -0.1) is 0 Å². The van der Waals surface area contributed by atoms with Crippen LogP contribution in [-0.4, -0.2) is 37.5 Å². The van der Waals surface area contributed by atoms with Gasteiger partial charge in [0, 0.05) is 42.5 Å². The van der Waals surface area contributed by atoms with Crippen LogP contribution in [0.15, 0.2) is 30.0 Å². The lowest BCUT2D eigenvalue weighted by Crippen LogP contribution is -2.51. The van der Waals surface area contributed by atoms with Crippen LogP contribution in [0.2, 0.25) is 0 Å². The molecule has 0 aromatic heterocycles. The van der Waals surface area contributed by atoms with Crippen molar-refractivity contribution in [3.63, 3.8) is 0 Å². The van der Waals surface area contributed by atoms with Crippen LogP contribution in [0.25, 0.3) is 0 Å². The fraction of sp³-hybridized carbons (Fsp3) is 0.500. The molecule has 6 heteroatoms. The molecule has 26 heavy (non-hydrogen) atoms. The summed E-state index contributed by atoms with van der Waals surface area (Å²) < 4.78 is 10.6. The van der Waals surface area contributed by atoms with Gasteiger partial charge in [-0.05, 0) is 32.6 Å². The van der Waals surface area contributed by atoms with Crippen LogP contribution in [0, 0.1) is 5.41 Å². The minimum absolute atomic E-state index is 0.0651. The fourth-order valence-electron chi connectivity index (χ4n) is 4.00. The summed E-state index contributed by atoms with van der Waals surface area (Å²) in [5.41, 5.74) is 0.860. The highest BCUT2D eigenvalue weighted by atomic mass is 16.5. The highest BCUT2D eigenvalue weighted by Crippen LogP contribution is 2.47. The Bertz CT molecular complexity index is 721. The van der Waals surface area contributed by atoms with E-state index in [-0.39, 0.29) is 11.8 Å². The molecule has 1 fully saturated rings. The van der Waals surface area contributed by atoms with Gasteiger partial charge in [0.2, 0.25) is 11.8 Å². The lowest BCUT2D eigenvalue weighted by Gasteiger charge is -2.45. The minimum atomic E-state index is -0.640. The van der Waals surface area contributed by atoms with Gasteiger partial charge in [-0.3, -0.25) is 9.59 Å². The number of carbonyl (C=O) groups is 2. The molecule has 0 saturated carbocycles. The van der Waals surface area contributed by atoms with Crippen molar-refractivity contribution in [2.45, 2.75) is 39.0 Å². The van der Waals surface area contributed by atoms with Crippen LogP contribution in [0.5, 0.6) is 11.5 Å². The predicted octanol–water partition coefficient (Wildman–Crippen LogP) is 3.34. The van der Waals surface area contributed by atoms with Crippen molar-refractivity contribution in [3.8, 4) is 11.5 Å². The van der Waals surface area contributed by atoms with E-state index < -0.39 is 5.41 Å². The Morgan fingerprint density at radius 1 is 1.19 bits per heavy atom. The number of hydrogen-bond donors (Lipinski definition) is 1. The van der Waals surface area contributed by atoms with Gasteiger partial charge in [0.05, 0.1) is 19.6 Å². The first-order chi connectivity index (χ1) is 12.5. The molecule has 1 aliphatic carbocycles. The number of nitrogens with zero attached hydrogens (tertiary/aromatic N) is 1. The van der Waals surface area contributed by atoms with E-state index in [2.05, 4.69) is 11.4 Å². The number of ether oxygens (including phenoxy) is 2. The Balaban J connectivity index is 1.92. The molecule has 1 atom stereocenters. The van der Waals surface area contributed by atoms with E-state index in [1.54, 1.807) is 37.3 Å². The smallest absolute Gasteiger partial charge is 0.236 e. The molecule has 6 nitrogen and oxygen atoms in total. The summed E-state index contributed by atoms with van der Waals surface area (Å²) >= 11 is 0. The van der Waals surface area contributed by atoms with Crippen LogP contribution in [-0.2, 0) is 9.59 Å². The predicted molar refractivity (Wildman–Crippen MR) is 99.2 cm³/mol. The average Bonchev–Trinajstić information content (AvgIpc) is 2.67. The van der Waals surface area contributed by atoms with Crippen molar-refractivity contribution in [2.24, 2.45) is 5.41 Å². The largest absolute Gasteiger partial charge is 0.497 e. The van der Waals surface area contributed by atoms with Gasteiger partial charge in [0.25, 0.3) is 0 Å². The number of hydrogen-bond acceptors (Lipinski definition) is 4. The van der Waals surface area contributed by atoms with Crippen LogP contribution in [0.4, 0.5) is 5.69 Å². The Hall–Kier alpha value is -2.50. The van der Waals surface area contributed by atoms with Gasteiger partial charge < -0.3 is 19.7 Å². The van der Waals surface area contributed by atoms with E-state index in [9.17, 15) is 9.59 Å². The van der Waals surface area contributed by atoms with Gasteiger partial charge in [-0.2, -0.15) is 0 Å². The molecule has 1 heterocycles. The first-order valence-electron chi connectivity index (χ1n) is 9.09. The number of nitrogens with one attached hydrogen (secondary N) is 1. The fourth-order valence-corrected chi connectivity index (χ4v) is 4.00. The first-order valence-corrected chi connectivity index (χ1v) is 9.09. The lowest BCUT2D eigenvalue weighted by atomic mass is 9.69. The lowest BCUT2D eigenvalue weighted by molar-refractivity contribution is -0.138. The summed E-state index contributed by atoms with van der Waals surface area (Å²) in [7, 11) is 3.15. The third kappa shape index (κ3) is 3.16. The second-order valence-corrected chi connectivity index (χ2v) is 6.76. The third-order valence-electron chi connectivity index (χ3n) is 5.35. The number of anilines is 1. The molecule has 0 radical (unpaired) electrons. The number of methoxy groups -OCH3 is 2. The monoisotopic (exact) mass is 358 g/mol. The second-order valence-electron chi connectivity index (χ2n) is 6.76. The zero-order valence-corrected chi connectivity index (χ0v) is 15.6. The van der Waals surface area contributed by atoms with Gasteiger partial charge in [-0.1, -0.05) is 6.08 Å². The van der Waals surface area contributed by atoms with E-state index in [1.807, 2.05) is 6.92 Å². The summed E-state index contributed by atoms with van der Waals surface area (Å²) in [5, 5.41) is 3.03. The average molecular weight is 358 g/mol. The number of allylic oxidation sites excluding steroid dienone is 1. The summed E-state index contributed by atoms with van der Waals surface area (Å²) in [6.45, 7) is 2.54. The number of amides is 2. The molecular formula is C20H26N2O4. The van der Waals surface area contributed by atoms with Gasteiger partial charge in [-0.25, -0.2) is 0 Å². The highest BCUT2D eigenvalue weighted by molar-refractivity contribution is 6.00. The van der Waals surface area contributed by atoms with Crippen molar-refractivity contribution < 1.29 is 19.1 Å². The Morgan fingerprint density at radius 3 is 2.50 bits per heavy atom. The molecule has 140 valence electrons. The number of benzene rings is 1. The maximum atomic E-state index is 13.3. The number of likely N-dealkylation sites (tertiary alicyclic amines) is 1. The zero-order valence-electron chi connectivity index (χ0n) is 15.6. The molecule has 1 aromatic rings. The molecule has 1 unspecified atom stereocenters. The zero-order chi connectivity index (χ0) is 18.7. The van der Waals surface area contributed by atoms with Crippen molar-refractivity contribution in [3.05, 3.63) is 30.0 Å². The maximum Gasteiger partial charge on any atom is 0.236 e. The summed E-state index contributed by atoms with van der Waals surface area (Å²) in [6.07, 6.45) is 5.64. The van der Waals surface area contributed by atoms with Gasteiger partial charge in [0.15, 0.2) is 0 Å². The molecule has 1 N–H and O–H groups in total. The summed E-state index contributed by atoms with van der Waals surface area (Å²) in [4.78, 5) is 27.4. The number of rotatable bonds is 5. The molecule has 1 saturated heterocycles. The molecule has 1 aromatic carbocycles. The molecule has 2 amide bonds. The number of piperidine rings is 1. The highest BCUT2D eigenvalue weighted by Gasteiger charge is 2.49. The summed E-state index contributed by atoms with van der Waals surface area (Å²) in [6, 6.07) is 5.31. The van der Waals surface area contributed by atoms with Crippen LogP contribution >= 0.6 is 0 Å². The Morgan fingerprint density at radius 2 is 1.88 bits per heavy atom. The number of fused-ring (bicyclic) bond motifs is 1. The molecule has 1 aliphatic heterocycles. The van der Waals surface area contributed by atoms with E-state index in [0.29, 0.717) is 36.6 Å². The normalized spacial score (nSPS) is 22.3. The van der Waals surface area contributed by atoms with Gasteiger partial charge in [0.1, 0.15) is 11.5 Å². The molecule has 0 spiro atoms. The number of carbonyl (C=O) groups excluding carboxylic acids is 2. The van der Waals surface area contributed by atoms with E-state index >= 15 is 0 Å². The Kier molecular flexibility index (Phi) is 5.20.